The first-order valence-electron chi connectivity index (χ1n) is 20.7. The van der Waals surface area contributed by atoms with Gasteiger partial charge in [-0.3, -0.25) is 4.79 Å². The maximum Gasteiger partial charge on any atom is 0.335 e. The fraction of sp³-hybridized carbons (Fsp3) is 0.905. The zero-order valence-electron chi connectivity index (χ0n) is 34.1. The van der Waals surface area contributed by atoms with Gasteiger partial charge < -0.3 is 59.8 Å². The zero-order valence-corrected chi connectivity index (χ0v) is 34.1. The highest BCUT2D eigenvalue weighted by atomic mass is 16.7. The van der Waals surface area contributed by atoms with Crippen LogP contribution in [0.25, 0.3) is 0 Å². The normalized spacial score (nSPS) is 53.8. The number of ketones is 1. The Labute approximate surface area is 329 Å². The van der Waals surface area contributed by atoms with E-state index < -0.39 is 102 Å². The van der Waals surface area contributed by atoms with Crippen molar-refractivity contribution in [3.8, 4) is 0 Å². The summed E-state index contributed by atoms with van der Waals surface area (Å²) in [5.74, 6) is -1.23. The fourth-order valence-corrected chi connectivity index (χ4v) is 13.5. The summed E-state index contributed by atoms with van der Waals surface area (Å²) in [6, 6.07) is 0. The second kappa shape index (κ2) is 14.0. The average molecular weight is 795 g/mol. The van der Waals surface area contributed by atoms with Gasteiger partial charge in [0.15, 0.2) is 24.5 Å². The number of hydrogen-bond donors (Lipinski definition) is 8. The van der Waals surface area contributed by atoms with Crippen molar-refractivity contribution < 1.29 is 69.4 Å². The van der Waals surface area contributed by atoms with Crippen LogP contribution in [0, 0.1) is 50.2 Å². The standard InChI is InChI=1S/C42H66O14/c1-37(2)15-16-39(5)20(17-37)19-9-10-23-40(6)13-12-24(38(3,4)22(40)11-14-41(23,7)42(19,8)33(50)32(39)49)54-36-29(48)30(28(47)31(56-36)34(51)52)55-35-27(46)26(45)25(44)21(18-43)53-35/h9,20-31,33,35-36,43-48,50H,10-18H2,1-8H3,(H,51,52)/t20?,21-,22?,23?,24?,25-,26+,27-,28+,29-,30+,31+,33+,35+,36-,39?,40?,41?,42+/m1/s1. The van der Waals surface area contributed by atoms with Gasteiger partial charge in [-0.15, -0.1) is 0 Å². The Kier molecular flexibility index (Phi) is 10.6. The number of fused-ring (bicyclic) bond motifs is 7. The van der Waals surface area contributed by atoms with Gasteiger partial charge in [0.05, 0.1) is 12.7 Å². The number of carbonyl (C=O) groups excluding carboxylic acids is 1. The zero-order chi connectivity index (χ0) is 41.3. The van der Waals surface area contributed by atoms with Crippen LogP contribution in [0.2, 0.25) is 0 Å². The Hall–Kier alpha value is -1.56. The number of aliphatic carboxylic acids is 1. The predicted molar refractivity (Wildman–Crippen MR) is 198 cm³/mol. The molecule has 0 aromatic carbocycles. The van der Waals surface area contributed by atoms with Gasteiger partial charge in [0, 0.05) is 10.8 Å². The highest BCUT2D eigenvalue weighted by Crippen LogP contribution is 2.75. The molecule has 8 N–H and O–H groups in total. The van der Waals surface area contributed by atoms with Crippen molar-refractivity contribution >= 4 is 11.8 Å². The van der Waals surface area contributed by atoms with Crippen LogP contribution in [0.1, 0.15) is 107 Å². The van der Waals surface area contributed by atoms with Crippen LogP contribution in [0.4, 0.5) is 0 Å². The minimum Gasteiger partial charge on any atom is -0.479 e. The molecule has 7 rings (SSSR count). The summed E-state index contributed by atoms with van der Waals surface area (Å²) in [6.45, 7) is 16.9. The van der Waals surface area contributed by atoms with Crippen LogP contribution in [0.15, 0.2) is 11.6 Å². The van der Waals surface area contributed by atoms with Crippen LogP contribution in [0.5, 0.6) is 0 Å². The number of aliphatic hydroxyl groups excluding tert-OH is 7. The third kappa shape index (κ3) is 5.97. The smallest absolute Gasteiger partial charge is 0.335 e. The number of carboxylic acid groups (broad SMARTS) is 1. The summed E-state index contributed by atoms with van der Waals surface area (Å²) < 4.78 is 23.4. The van der Waals surface area contributed by atoms with E-state index in [1.165, 1.54) is 5.57 Å². The Morgan fingerprint density at radius 2 is 1.45 bits per heavy atom. The largest absolute Gasteiger partial charge is 0.479 e. The molecule has 2 heterocycles. The van der Waals surface area contributed by atoms with Crippen LogP contribution in [-0.4, -0.2) is 133 Å². The molecule has 6 fully saturated rings. The lowest BCUT2D eigenvalue weighted by Crippen LogP contribution is -2.70. The van der Waals surface area contributed by atoms with Crippen molar-refractivity contribution in [3.63, 3.8) is 0 Å². The molecule has 0 bridgehead atoms. The molecule has 0 radical (unpaired) electrons. The molecular formula is C42H66O14. The second-order valence-corrected chi connectivity index (χ2v) is 20.8. The highest BCUT2D eigenvalue weighted by Gasteiger charge is 2.72. The fourth-order valence-electron chi connectivity index (χ4n) is 13.5. The summed E-state index contributed by atoms with van der Waals surface area (Å²) in [6.07, 6.45) is -10.3. The van der Waals surface area contributed by atoms with Crippen LogP contribution >= 0.6 is 0 Å². The lowest BCUT2D eigenvalue weighted by atomic mass is 9.33. The van der Waals surface area contributed by atoms with Gasteiger partial charge in [-0.2, -0.15) is 0 Å². The minimum atomic E-state index is -1.95. The molecule has 0 amide bonds. The highest BCUT2D eigenvalue weighted by molar-refractivity contribution is 5.92. The van der Waals surface area contributed by atoms with Crippen molar-refractivity contribution in [3.05, 3.63) is 11.6 Å². The van der Waals surface area contributed by atoms with Gasteiger partial charge in [-0.25, -0.2) is 4.79 Å². The molecule has 5 aliphatic carbocycles. The number of hydrogen-bond acceptors (Lipinski definition) is 13. The molecule has 14 nitrogen and oxygen atoms in total. The second-order valence-electron chi connectivity index (χ2n) is 20.8. The van der Waals surface area contributed by atoms with Crippen LogP contribution in [-0.2, 0) is 28.5 Å². The molecule has 2 saturated heterocycles. The SMILES string of the molecule is CC1(C)CCC2(C)C(=O)[C@H](O)[C@]3(C)C(=CCC4C5(C)CCC(O[C@@H]6O[C@H](C(=O)O)[C@@H](O)[C@H](O[C@@H]7O[C@H](CO)[C@@H](O)[C@H](O)[C@H]7O)[C@H]6O)C(C)(C)C5CCC43C)C2C1. The van der Waals surface area contributed by atoms with Crippen molar-refractivity contribution in [2.75, 3.05) is 6.61 Å². The number of Topliss-reactive ketones (excluding diaryl/α,β-unsaturated/α-hetero) is 1. The molecule has 4 saturated carbocycles. The molecule has 0 aromatic rings. The predicted octanol–water partition coefficient (Wildman–Crippen LogP) is 2.06. The monoisotopic (exact) mass is 794 g/mol. The number of rotatable bonds is 6. The van der Waals surface area contributed by atoms with E-state index in [0.717, 1.165) is 44.9 Å². The molecule has 2 aliphatic heterocycles. The van der Waals surface area contributed by atoms with Gasteiger partial charge in [0.25, 0.3) is 0 Å². The molecule has 7 unspecified atom stereocenters. The Bertz CT molecular complexity index is 1580. The number of carboxylic acids is 1. The van der Waals surface area contributed by atoms with Crippen molar-refractivity contribution in [2.24, 2.45) is 50.2 Å². The average Bonchev–Trinajstić information content (AvgIpc) is 3.12. The lowest BCUT2D eigenvalue weighted by molar-refractivity contribution is -0.365. The first-order valence-corrected chi connectivity index (χ1v) is 20.7. The van der Waals surface area contributed by atoms with E-state index in [0.29, 0.717) is 6.42 Å². The quantitative estimate of drug-likeness (QED) is 0.142. The summed E-state index contributed by atoms with van der Waals surface area (Å²) >= 11 is 0. The van der Waals surface area contributed by atoms with E-state index in [1.807, 2.05) is 0 Å². The number of ether oxygens (including phenoxy) is 4. The van der Waals surface area contributed by atoms with E-state index in [9.17, 15) is 50.4 Å². The number of carbonyl (C=O) groups is 2. The van der Waals surface area contributed by atoms with Crippen LogP contribution < -0.4 is 0 Å². The molecule has 56 heavy (non-hydrogen) atoms. The minimum absolute atomic E-state index is 0.0195. The third-order valence-electron chi connectivity index (χ3n) is 17.2. The molecule has 318 valence electrons. The molecule has 7 aliphatic rings. The van der Waals surface area contributed by atoms with Crippen molar-refractivity contribution in [1.82, 2.24) is 0 Å². The molecule has 14 heteroatoms. The first-order chi connectivity index (χ1) is 25.9. The van der Waals surface area contributed by atoms with Crippen molar-refractivity contribution in [1.29, 1.82) is 0 Å². The summed E-state index contributed by atoms with van der Waals surface area (Å²) in [5.41, 5.74) is -1.07. The van der Waals surface area contributed by atoms with E-state index in [2.05, 4.69) is 61.5 Å². The Morgan fingerprint density at radius 3 is 2.09 bits per heavy atom. The van der Waals surface area contributed by atoms with E-state index in [4.69, 9.17) is 18.9 Å². The van der Waals surface area contributed by atoms with Gasteiger partial charge in [-0.05, 0) is 90.8 Å². The summed E-state index contributed by atoms with van der Waals surface area (Å²) in [4.78, 5) is 26.7. The van der Waals surface area contributed by atoms with Gasteiger partial charge in [0.1, 0.15) is 48.8 Å². The maximum absolute atomic E-state index is 14.3. The van der Waals surface area contributed by atoms with Crippen LogP contribution in [0.3, 0.4) is 0 Å². The first kappa shape index (κ1) is 42.6. The lowest BCUT2D eigenvalue weighted by Gasteiger charge is -2.71. The number of aliphatic hydroxyl groups is 7. The Balaban J connectivity index is 1.14. The van der Waals surface area contributed by atoms with Gasteiger partial charge in [-0.1, -0.05) is 67.0 Å². The van der Waals surface area contributed by atoms with Gasteiger partial charge >= 0.3 is 5.97 Å². The maximum atomic E-state index is 14.3. The van der Waals surface area contributed by atoms with E-state index in [-0.39, 0.29) is 39.8 Å². The molecule has 0 spiro atoms. The molecule has 0 aromatic heterocycles. The molecular weight excluding hydrogens is 728 g/mol. The Morgan fingerprint density at radius 1 is 0.786 bits per heavy atom. The third-order valence-corrected chi connectivity index (χ3v) is 17.2. The summed E-state index contributed by atoms with van der Waals surface area (Å²) in [7, 11) is 0. The number of allylic oxidation sites excluding steroid dienone is 1. The van der Waals surface area contributed by atoms with E-state index >= 15 is 0 Å². The molecule has 19 atom stereocenters. The topological polar surface area (TPSA) is 233 Å². The van der Waals surface area contributed by atoms with Gasteiger partial charge in [0.2, 0.25) is 0 Å². The summed E-state index contributed by atoms with van der Waals surface area (Å²) in [5, 5.41) is 85.6. The van der Waals surface area contributed by atoms with E-state index in [1.54, 1.807) is 0 Å². The van der Waals surface area contributed by atoms with Crippen molar-refractivity contribution in [2.45, 2.75) is 180 Å².